The van der Waals surface area contributed by atoms with Crippen LogP contribution in [0, 0.1) is 0 Å². The minimum absolute atomic E-state index is 0.148. The molecule has 4 rings (SSSR count). The molecule has 1 saturated heterocycles. The fourth-order valence-corrected chi connectivity index (χ4v) is 3.94. The molecule has 1 N–H and O–H groups in total. The number of carbonyl (C=O) groups excluding carboxylic acids is 1. The minimum atomic E-state index is -4.38. The number of benzene rings is 2. The molecule has 8 heteroatoms. The monoisotopic (exact) mass is 420 g/mol. The molecule has 2 aromatic carbocycles. The van der Waals surface area contributed by atoms with Crippen LogP contribution >= 0.6 is 0 Å². The first-order valence-corrected chi connectivity index (χ1v) is 9.92. The molecule has 0 spiro atoms. The molecule has 0 aliphatic carbocycles. The van der Waals surface area contributed by atoms with Crippen molar-refractivity contribution in [3.05, 3.63) is 65.2 Å². The van der Waals surface area contributed by atoms with Gasteiger partial charge in [0.25, 0.3) is 0 Å². The summed E-state index contributed by atoms with van der Waals surface area (Å²) >= 11 is 0. The quantitative estimate of drug-likeness (QED) is 0.806. The third-order valence-corrected chi connectivity index (χ3v) is 5.60. The Kier molecular flexibility index (Phi) is 5.97. The third kappa shape index (κ3) is 4.44. The predicted octanol–water partition coefficient (Wildman–Crippen LogP) is 3.37. The average Bonchev–Trinajstić information content (AvgIpc) is 3.18. The van der Waals surface area contributed by atoms with Crippen molar-refractivity contribution in [1.82, 2.24) is 10.2 Å². The van der Waals surface area contributed by atoms with Crippen molar-refractivity contribution >= 4 is 5.91 Å². The van der Waals surface area contributed by atoms with Crippen LogP contribution in [0.25, 0.3) is 0 Å². The number of halogens is 3. The summed E-state index contributed by atoms with van der Waals surface area (Å²) in [5, 5.41) is 2.98. The highest BCUT2D eigenvalue weighted by molar-refractivity contribution is 5.85. The van der Waals surface area contributed by atoms with E-state index in [0.717, 1.165) is 23.3 Å². The normalized spacial score (nSPS) is 20.3. The number of amides is 1. The first-order valence-electron chi connectivity index (χ1n) is 9.92. The standard InChI is InChI=1S/C22H23F3N2O3/c23-22(24,25)16-7-5-15(6-8-16)19(27-9-11-29-12-10-27)13-26-21(28)18-14-30-20-4-2-1-3-17(18)20/h1-8,18-19H,9-14H2,(H,26,28). The second-order valence-corrected chi connectivity index (χ2v) is 7.43. The summed E-state index contributed by atoms with van der Waals surface area (Å²) in [5.74, 6) is 0.175. The van der Waals surface area contributed by atoms with E-state index < -0.39 is 11.7 Å². The topological polar surface area (TPSA) is 50.8 Å². The van der Waals surface area contributed by atoms with Gasteiger partial charge >= 0.3 is 6.18 Å². The lowest BCUT2D eigenvalue weighted by Gasteiger charge is -2.35. The SMILES string of the molecule is O=C(NCC(c1ccc(C(F)(F)F)cc1)N1CCOCC1)C1COc2ccccc21. The molecule has 0 radical (unpaired) electrons. The minimum Gasteiger partial charge on any atom is -0.492 e. The third-order valence-electron chi connectivity index (χ3n) is 5.60. The van der Waals surface area contributed by atoms with Crippen LogP contribution in [-0.4, -0.2) is 50.3 Å². The van der Waals surface area contributed by atoms with Crippen molar-refractivity contribution in [2.45, 2.75) is 18.1 Å². The Hall–Kier alpha value is -2.58. The van der Waals surface area contributed by atoms with E-state index in [4.69, 9.17) is 9.47 Å². The molecular weight excluding hydrogens is 397 g/mol. The Morgan fingerprint density at radius 3 is 2.50 bits per heavy atom. The Labute approximate surface area is 172 Å². The average molecular weight is 420 g/mol. The lowest BCUT2D eigenvalue weighted by atomic mass is 9.99. The van der Waals surface area contributed by atoms with Crippen molar-refractivity contribution in [2.75, 3.05) is 39.5 Å². The van der Waals surface area contributed by atoms with Gasteiger partial charge in [0.05, 0.1) is 24.8 Å². The van der Waals surface area contributed by atoms with E-state index in [2.05, 4.69) is 10.2 Å². The summed E-state index contributed by atoms with van der Waals surface area (Å²) in [7, 11) is 0. The molecule has 1 fully saturated rings. The Morgan fingerprint density at radius 2 is 1.80 bits per heavy atom. The Bertz CT molecular complexity index is 880. The molecule has 2 aliphatic rings. The van der Waals surface area contributed by atoms with Crippen molar-refractivity contribution in [3.8, 4) is 5.75 Å². The van der Waals surface area contributed by atoms with Crippen LogP contribution < -0.4 is 10.1 Å². The summed E-state index contributed by atoms with van der Waals surface area (Å²) < 4.78 is 49.8. The van der Waals surface area contributed by atoms with Crippen LogP contribution in [0.5, 0.6) is 5.75 Å². The molecule has 2 aromatic rings. The predicted molar refractivity (Wildman–Crippen MR) is 104 cm³/mol. The summed E-state index contributed by atoms with van der Waals surface area (Å²) in [6, 6.07) is 12.4. The summed E-state index contributed by atoms with van der Waals surface area (Å²) in [4.78, 5) is 15.0. The zero-order chi connectivity index (χ0) is 21.1. The molecule has 5 nitrogen and oxygen atoms in total. The first kappa shape index (κ1) is 20.7. The summed E-state index contributed by atoms with van der Waals surface area (Å²) in [6.45, 7) is 2.98. The van der Waals surface area contributed by atoms with Crippen LogP contribution in [-0.2, 0) is 15.7 Å². The fraction of sp³-hybridized carbons (Fsp3) is 0.409. The summed E-state index contributed by atoms with van der Waals surface area (Å²) in [5.41, 5.74) is 0.899. The van der Waals surface area contributed by atoms with Crippen molar-refractivity contribution in [1.29, 1.82) is 0 Å². The highest BCUT2D eigenvalue weighted by Crippen LogP contribution is 2.34. The number of hydrogen-bond donors (Lipinski definition) is 1. The molecule has 2 atom stereocenters. The smallest absolute Gasteiger partial charge is 0.416 e. The second kappa shape index (κ2) is 8.65. The van der Waals surface area contributed by atoms with Gasteiger partial charge in [0.2, 0.25) is 5.91 Å². The van der Waals surface area contributed by atoms with Crippen molar-refractivity contribution < 1.29 is 27.4 Å². The van der Waals surface area contributed by atoms with Gasteiger partial charge in [0.1, 0.15) is 18.3 Å². The molecule has 160 valence electrons. The van der Waals surface area contributed by atoms with E-state index in [1.807, 2.05) is 24.3 Å². The van der Waals surface area contributed by atoms with Gasteiger partial charge in [-0.15, -0.1) is 0 Å². The number of nitrogens with one attached hydrogen (secondary N) is 1. The van der Waals surface area contributed by atoms with Gasteiger partial charge in [0, 0.05) is 25.2 Å². The molecule has 0 saturated carbocycles. The Balaban J connectivity index is 1.49. The van der Waals surface area contributed by atoms with E-state index in [-0.39, 0.29) is 24.5 Å². The van der Waals surface area contributed by atoms with Gasteiger partial charge in [-0.3, -0.25) is 9.69 Å². The van der Waals surface area contributed by atoms with Gasteiger partial charge < -0.3 is 14.8 Å². The van der Waals surface area contributed by atoms with Crippen LogP contribution in [0.1, 0.15) is 28.7 Å². The van der Waals surface area contributed by atoms with Crippen LogP contribution in [0.4, 0.5) is 13.2 Å². The Morgan fingerprint density at radius 1 is 1.10 bits per heavy atom. The molecule has 2 heterocycles. The number of nitrogens with zero attached hydrogens (tertiary/aromatic N) is 1. The highest BCUT2D eigenvalue weighted by Gasteiger charge is 2.33. The van der Waals surface area contributed by atoms with Crippen molar-refractivity contribution in [3.63, 3.8) is 0 Å². The van der Waals surface area contributed by atoms with Gasteiger partial charge in [-0.2, -0.15) is 13.2 Å². The lowest BCUT2D eigenvalue weighted by Crippen LogP contribution is -2.44. The van der Waals surface area contributed by atoms with Gasteiger partial charge in [0.15, 0.2) is 0 Å². The van der Waals surface area contributed by atoms with Crippen LogP contribution in [0.3, 0.4) is 0 Å². The maximum Gasteiger partial charge on any atom is 0.416 e. The number of ether oxygens (including phenoxy) is 2. The van der Waals surface area contributed by atoms with E-state index >= 15 is 0 Å². The molecule has 30 heavy (non-hydrogen) atoms. The van der Waals surface area contributed by atoms with Gasteiger partial charge in [-0.05, 0) is 23.8 Å². The van der Waals surface area contributed by atoms with Gasteiger partial charge in [-0.25, -0.2) is 0 Å². The van der Waals surface area contributed by atoms with E-state index in [9.17, 15) is 18.0 Å². The number of hydrogen-bond acceptors (Lipinski definition) is 4. The molecule has 2 unspecified atom stereocenters. The first-order chi connectivity index (χ1) is 14.4. The molecule has 0 aromatic heterocycles. The molecule has 1 amide bonds. The zero-order valence-corrected chi connectivity index (χ0v) is 16.3. The summed E-state index contributed by atoms with van der Waals surface area (Å²) in [6.07, 6.45) is -4.38. The molecule has 0 bridgehead atoms. The fourth-order valence-electron chi connectivity index (χ4n) is 3.94. The van der Waals surface area contributed by atoms with Gasteiger partial charge in [-0.1, -0.05) is 30.3 Å². The maximum atomic E-state index is 12.9. The number of para-hydroxylation sites is 1. The number of rotatable bonds is 5. The number of fused-ring (bicyclic) bond motifs is 1. The lowest BCUT2D eigenvalue weighted by molar-refractivity contribution is -0.137. The van der Waals surface area contributed by atoms with E-state index in [0.29, 0.717) is 38.6 Å². The van der Waals surface area contributed by atoms with E-state index in [1.54, 1.807) is 0 Å². The number of carbonyl (C=O) groups is 1. The highest BCUT2D eigenvalue weighted by atomic mass is 19.4. The number of alkyl halides is 3. The zero-order valence-electron chi connectivity index (χ0n) is 16.3. The van der Waals surface area contributed by atoms with Crippen LogP contribution in [0.15, 0.2) is 48.5 Å². The molecule has 2 aliphatic heterocycles. The number of morpholine rings is 1. The molecular formula is C22H23F3N2O3. The van der Waals surface area contributed by atoms with E-state index in [1.165, 1.54) is 12.1 Å². The largest absolute Gasteiger partial charge is 0.492 e. The van der Waals surface area contributed by atoms with Crippen LogP contribution in [0.2, 0.25) is 0 Å². The van der Waals surface area contributed by atoms with Crippen molar-refractivity contribution in [2.24, 2.45) is 0 Å². The second-order valence-electron chi connectivity index (χ2n) is 7.43. The maximum absolute atomic E-state index is 12.9.